The van der Waals surface area contributed by atoms with Crippen molar-refractivity contribution in [2.24, 2.45) is 0 Å². The van der Waals surface area contributed by atoms with Crippen molar-refractivity contribution in [2.75, 3.05) is 0 Å². The smallest absolute Gasteiger partial charge is 0.133 e. The van der Waals surface area contributed by atoms with Gasteiger partial charge >= 0.3 is 0 Å². The molecular weight excluding hydrogens is 299 g/mol. The van der Waals surface area contributed by atoms with Gasteiger partial charge in [0.15, 0.2) is 0 Å². The van der Waals surface area contributed by atoms with Gasteiger partial charge in [0.05, 0.1) is 11.9 Å². The number of rotatable bonds is 4. The maximum Gasteiger partial charge on any atom is 0.133 e. The summed E-state index contributed by atoms with van der Waals surface area (Å²) in [6, 6.07) is 8.14. The Bertz CT molecular complexity index is 531. The Labute approximate surface area is 113 Å². The van der Waals surface area contributed by atoms with Crippen molar-refractivity contribution in [1.82, 2.24) is 10.3 Å². The van der Waals surface area contributed by atoms with Crippen molar-refractivity contribution in [2.45, 2.75) is 13.1 Å². The highest BCUT2D eigenvalue weighted by atomic mass is 79.9. The number of halogens is 2. The minimum Gasteiger partial charge on any atom is -0.506 e. The molecule has 1 heterocycles. The Kier molecular flexibility index (Phi) is 4.28. The number of aromatic nitrogens is 1. The fourth-order valence-corrected chi connectivity index (χ4v) is 1.93. The van der Waals surface area contributed by atoms with E-state index in [1.165, 1.54) is 12.3 Å². The summed E-state index contributed by atoms with van der Waals surface area (Å²) in [6.07, 6.45) is 1.39. The summed E-state index contributed by atoms with van der Waals surface area (Å²) in [5, 5.41) is 12.2. The van der Waals surface area contributed by atoms with E-state index in [4.69, 9.17) is 5.11 Å². The lowest BCUT2D eigenvalue weighted by molar-refractivity contribution is 0.471. The average molecular weight is 311 g/mol. The summed E-state index contributed by atoms with van der Waals surface area (Å²) in [6.45, 7) is 0.945. The van der Waals surface area contributed by atoms with Gasteiger partial charge in [-0.05, 0) is 30.3 Å². The SMILES string of the molecule is Oc1ccc(CNCc2cc(Br)ccc2F)nc1. The van der Waals surface area contributed by atoms with Crippen LogP contribution in [0.2, 0.25) is 0 Å². The van der Waals surface area contributed by atoms with Crippen LogP contribution in [0.25, 0.3) is 0 Å². The van der Waals surface area contributed by atoms with Gasteiger partial charge in [-0.1, -0.05) is 15.9 Å². The zero-order chi connectivity index (χ0) is 13.0. The Morgan fingerprint density at radius 1 is 1.22 bits per heavy atom. The number of nitrogens with zero attached hydrogens (tertiary/aromatic N) is 1. The van der Waals surface area contributed by atoms with Gasteiger partial charge in [-0.25, -0.2) is 4.39 Å². The first-order valence-electron chi connectivity index (χ1n) is 5.43. The molecule has 0 bridgehead atoms. The Morgan fingerprint density at radius 3 is 2.78 bits per heavy atom. The number of benzene rings is 1. The molecule has 0 unspecified atom stereocenters. The van der Waals surface area contributed by atoms with Crippen LogP contribution in [0.1, 0.15) is 11.3 Å². The summed E-state index contributed by atoms with van der Waals surface area (Å²) < 4.78 is 14.3. The van der Waals surface area contributed by atoms with E-state index in [0.717, 1.165) is 10.2 Å². The van der Waals surface area contributed by atoms with Gasteiger partial charge in [0.25, 0.3) is 0 Å². The highest BCUT2D eigenvalue weighted by Gasteiger charge is 2.02. The monoisotopic (exact) mass is 310 g/mol. The minimum absolute atomic E-state index is 0.136. The molecule has 0 fully saturated rings. The lowest BCUT2D eigenvalue weighted by atomic mass is 10.2. The van der Waals surface area contributed by atoms with E-state index >= 15 is 0 Å². The van der Waals surface area contributed by atoms with Crippen molar-refractivity contribution < 1.29 is 9.50 Å². The van der Waals surface area contributed by atoms with E-state index in [0.29, 0.717) is 18.7 Å². The molecule has 0 radical (unpaired) electrons. The van der Waals surface area contributed by atoms with Crippen LogP contribution in [-0.4, -0.2) is 10.1 Å². The van der Waals surface area contributed by atoms with E-state index in [-0.39, 0.29) is 11.6 Å². The van der Waals surface area contributed by atoms with Crippen LogP contribution in [0.3, 0.4) is 0 Å². The molecule has 0 spiro atoms. The van der Waals surface area contributed by atoms with Crippen LogP contribution >= 0.6 is 15.9 Å². The fraction of sp³-hybridized carbons (Fsp3) is 0.154. The highest BCUT2D eigenvalue weighted by Crippen LogP contribution is 2.15. The molecule has 0 aliphatic carbocycles. The molecule has 0 amide bonds. The molecule has 5 heteroatoms. The molecule has 0 saturated heterocycles. The van der Waals surface area contributed by atoms with Crippen molar-refractivity contribution in [3.05, 3.63) is 58.1 Å². The highest BCUT2D eigenvalue weighted by molar-refractivity contribution is 9.10. The fourth-order valence-electron chi connectivity index (χ4n) is 1.53. The molecule has 1 aromatic heterocycles. The summed E-state index contributed by atoms with van der Waals surface area (Å²) in [7, 11) is 0. The summed E-state index contributed by atoms with van der Waals surface area (Å²) in [5.41, 5.74) is 1.39. The van der Waals surface area contributed by atoms with Crippen LogP contribution in [0.15, 0.2) is 41.0 Å². The largest absolute Gasteiger partial charge is 0.506 e. The standard InChI is InChI=1S/C13H12BrFN2O/c14-10-1-4-13(15)9(5-10)6-16-7-11-2-3-12(18)8-17-11/h1-5,8,16,18H,6-7H2. The van der Waals surface area contributed by atoms with Gasteiger partial charge in [0.1, 0.15) is 11.6 Å². The quantitative estimate of drug-likeness (QED) is 0.912. The first-order valence-corrected chi connectivity index (χ1v) is 6.23. The minimum atomic E-state index is -0.232. The summed E-state index contributed by atoms with van der Waals surface area (Å²) in [4.78, 5) is 4.03. The first-order chi connectivity index (χ1) is 8.65. The van der Waals surface area contributed by atoms with Crippen LogP contribution < -0.4 is 5.32 Å². The lowest BCUT2D eigenvalue weighted by Crippen LogP contribution is -2.14. The molecule has 0 aliphatic heterocycles. The Balaban J connectivity index is 1.92. The van der Waals surface area contributed by atoms with Gasteiger partial charge in [-0.15, -0.1) is 0 Å². The second-order valence-corrected chi connectivity index (χ2v) is 4.76. The van der Waals surface area contributed by atoms with E-state index in [1.54, 1.807) is 24.3 Å². The molecule has 2 N–H and O–H groups in total. The van der Waals surface area contributed by atoms with Crippen LogP contribution in [-0.2, 0) is 13.1 Å². The molecule has 0 saturated carbocycles. The van der Waals surface area contributed by atoms with Crippen molar-refractivity contribution in [1.29, 1.82) is 0 Å². The van der Waals surface area contributed by atoms with E-state index in [1.807, 2.05) is 0 Å². The average Bonchev–Trinajstić information content (AvgIpc) is 2.36. The van der Waals surface area contributed by atoms with Crippen molar-refractivity contribution in [3.8, 4) is 5.75 Å². The van der Waals surface area contributed by atoms with Gasteiger partial charge in [0.2, 0.25) is 0 Å². The molecule has 18 heavy (non-hydrogen) atoms. The van der Waals surface area contributed by atoms with E-state index in [2.05, 4.69) is 26.2 Å². The van der Waals surface area contributed by atoms with E-state index in [9.17, 15) is 4.39 Å². The zero-order valence-corrected chi connectivity index (χ0v) is 11.1. The predicted octanol–water partition coefficient (Wildman–Crippen LogP) is 2.98. The third-order valence-electron chi connectivity index (χ3n) is 2.44. The maximum absolute atomic E-state index is 13.4. The maximum atomic E-state index is 13.4. The summed E-state index contributed by atoms with van der Waals surface area (Å²) in [5.74, 6) is -0.0962. The number of hydrogen-bond donors (Lipinski definition) is 2. The van der Waals surface area contributed by atoms with Gasteiger partial charge in [0, 0.05) is 23.1 Å². The van der Waals surface area contributed by atoms with Crippen LogP contribution in [0, 0.1) is 5.82 Å². The second kappa shape index (κ2) is 5.93. The Morgan fingerprint density at radius 2 is 2.06 bits per heavy atom. The Hall–Kier alpha value is -1.46. The zero-order valence-electron chi connectivity index (χ0n) is 9.53. The molecule has 1 aromatic carbocycles. The third kappa shape index (κ3) is 3.51. The van der Waals surface area contributed by atoms with Gasteiger partial charge in [-0.3, -0.25) is 4.98 Å². The van der Waals surface area contributed by atoms with E-state index < -0.39 is 0 Å². The summed E-state index contributed by atoms with van der Waals surface area (Å²) >= 11 is 3.31. The molecule has 0 aliphatic rings. The predicted molar refractivity (Wildman–Crippen MR) is 70.5 cm³/mol. The number of aromatic hydroxyl groups is 1. The number of hydrogen-bond acceptors (Lipinski definition) is 3. The molecule has 0 atom stereocenters. The van der Waals surface area contributed by atoms with Gasteiger partial charge in [-0.2, -0.15) is 0 Å². The van der Waals surface area contributed by atoms with Crippen molar-refractivity contribution in [3.63, 3.8) is 0 Å². The van der Waals surface area contributed by atoms with Crippen LogP contribution in [0.5, 0.6) is 5.75 Å². The number of pyridine rings is 1. The first kappa shape index (κ1) is 13.0. The van der Waals surface area contributed by atoms with Gasteiger partial charge < -0.3 is 10.4 Å². The number of nitrogens with one attached hydrogen (secondary N) is 1. The van der Waals surface area contributed by atoms with Crippen molar-refractivity contribution >= 4 is 15.9 Å². The molecule has 94 valence electrons. The van der Waals surface area contributed by atoms with Crippen LogP contribution in [0.4, 0.5) is 4.39 Å². The molecule has 3 nitrogen and oxygen atoms in total. The third-order valence-corrected chi connectivity index (χ3v) is 2.93. The molecule has 2 rings (SSSR count). The lowest BCUT2D eigenvalue weighted by Gasteiger charge is -2.06. The topological polar surface area (TPSA) is 45.1 Å². The second-order valence-electron chi connectivity index (χ2n) is 3.85. The molecule has 2 aromatic rings. The molecular formula is C13H12BrFN2O. The normalized spacial score (nSPS) is 10.6.